The van der Waals surface area contributed by atoms with Crippen LogP contribution in [0.25, 0.3) is 0 Å². The molecule has 1 aliphatic heterocycles. The Hall–Kier alpha value is -1.36. The monoisotopic (exact) mass is 448 g/mol. The van der Waals surface area contributed by atoms with Gasteiger partial charge in [-0.1, -0.05) is 13.8 Å². The predicted molar refractivity (Wildman–Crippen MR) is 113 cm³/mol. The van der Waals surface area contributed by atoms with Gasteiger partial charge in [-0.2, -0.15) is 4.31 Å². The zero-order chi connectivity index (χ0) is 21.7. The molecule has 1 fully saturated rings. The molecule has 10 heteroatoms. The van der Waals surface area contributed by atoms with Gasteiger partial charge in [0.25, 0.3) is 0 Å². The van der Waals surface area contributed by atoms with Crippen LogP contribution in [0, 0.1) is 0 Å². The molecule has 166 valence electrons. The molecule has 2 rings (SSSR count). The smallest absolute Gasteiger partial charge is 0.247 e. The van der Waals surface area contributed by atoms with E-state index in [4.69, 9.17) is 9.47 Å². The average Bonchev–Trinajstić information content (AvgIpc) is 3.06. The third-order valence-corrected chi connectivity index (χ3v) is 9.06. The van der Waals surface area contributed by atoms with E-state index in [1.165, 1.54) is 30.7 Å². The first kappa shape index (κ1) is 23.9. The molecule has 8 nitrogen and oxygen atoms in total. The van der Waals surface area contributed by atoms with Gasteiger partial charge in [0.15, 0.2) is 9.84 Å². The largest absolute Gasteiger partial charge is 0.497 e. The molecule has 1 saturated heterocycles. The molecule has 0 N–H and O–H groups in total. The molecule has 1 heterocycles. The minimum absolute atomic E-state index is 0.0134. The minimum atomic E-state index is -3.94. The lowest BCUT2D eigenvalue weighted by Gasteiger charge is -2.29. The first-order valence-electron chi connectivity index (χ1n) is 9.85. The van der Waals surface area contributed by atoms with Crippen LogP contribution in [0.3, 0.4) is 0 Å². The van der Waals surface area contributed by atoms with Crippen molar-refractivity contribution in [2.24, 2.45) is 0 Å². The van der Waals surface area contributed by atoms with Crippen LogP contribution in [0.15, 0.2) is 23.1 Å². The Morgan fingerprint density at radius 3 is 2.31 bits per heavy atom. The molecular weight excluding hydrogens is 416 g/mol. The Morgan fingerprint density at radius 1 is 1.10 bits per heavy atom. The summed E-state index contributed by atoms with van der Waals surface area (Å²) in [6.45, 7) is 6.89. The van der Waals surface area contributed by atoms with E-state index in [-0.39, 0.29) is 28.7 Å². The van der Waals surface area contributed by atoms with Gasteiger partial charge in [-0.05, 0) is 44.6 Å². The molecule has 29 heavy (non-hydrogen) atoms. The second kappa shape index (κ2) is 10.1. The molecule has 1 aromatic rings. The van der Waals surface area contributed by atoms with Crippen molar-refractivity contribution in [2.75, 3.05) is 51.9 Å². The molecule has 0 unspecified atom stereocenters. The molecule has 0 saturated carbocycles. The van der Waals surface area contributed by atoms with Crippen molar-refractivity contribution in [2.45, 2.75) is 37.6 Å². The van der Waals surface area contributed by atoms with E-state index in [2.05, 4.69) is 18.7 Å². The average molecular weight is 449 g/mol. The zero-order valence-corrected chi connectivity index (χ0v) is 19.3. The van der Waals surface area contributed by atoms with Crippen molar-refractivity contribution in [1.29, 1.82) is 0 Å². The van der Waals surface area contributed by atoms with E-state index in [0.717, 1.165) is 19.6 Å². The summed E-state index contributed by atoms with van der Waals surface area (Å²) in [7, 11) is -4.28. The first-order valence-corrected chi connectivity index (χ1v) is 13.1. The molecule has 1 atom stereocenters. The topological polar surface area (TPSA) is 93.2 Å². The van der Waals surface area contributed by atoms with Gasteiger partial charge in [0.05, 0.1) is 25.7 Å². The van der Waals surface area contributed by atoms with Crippen LogP contribution in [0.4, 0.5) is 0 Å². The lowest BCUT2D eigenvalue weighted by Crippen LogP contribution is -2.42. The molecule has 0 aliphatic carbocycles. The fourth-order valence-corrected chi connectivity index (χ4v) is 7.26. The van der Waals surface area contributed by atoms with Crippen molar-refractivity contribution < 1.29 is 26.3 Å². The highest BCUT2D eigenvalue weighted by molar-refractivity contribution is 7.92. The molecule has 0 bridgehead atoms. The Kier molecular flexibility index (Phi) is 8.33. The number of rotatable bonds is 11. The van der Waals surface area contributed by atoms with E-state index in [0.29, 0.717) is 18.6 Å². The van der Waals surface area contributed by atoms with Crippen LogP contribution in [0.1, 0.15) is 26.7 Å². The summed E-state index contributed by atoms with van der Waals surface area (Å²) in [4.78, 5) is 2.23. The van der Waals surface area contributed by atoms with E-state index in [1.807, 2.05) is 0 Å². The summed E-state index contributed by atoms with van der Waals surface area (Å²) in [6, 6.07) is 3.98. The van der Waals surface area contributed by atoms with E-state index in [9.17, 15) is 16.8 Å². The number of ether oxygens (including phenoxy) is 2. The fourth-order valence-electron chi connectivity index (χ4n) is 3.61. The van der Waals surface area contributed by atoms with Gasteiger partial charge < -0.3 is 14.4 Å². The highest BCUT2D eigenvalue weighted by Crippen LogP contribution is 2.33. The van der Waals surface area contributed by atoms with Gasteiger partial charge in [0, 0.05) is 18.7 Å². The van der Waals surface area contributed by atoms with Crippen molar-refractivity contribution in [3.63, 3.8) is 0 Å². The maximum atomic E-state index is 13.5. The van der Waals surface area contributed by atoms with Gasteiger partial charge in [-0.15, -0.1) is 0 Å². The number of sulfonamides is 1. The second-order valence-electron chi connectivity index (χ2n) is 7.07. The molecule has 1 aliphatic rings. The number of sulfone groups is 1. The SMILES string of the molecule is CCN(CC)CCCN([C@H]1CCS(=O)(=O)C1)S(=O)(=O)c1ccc(OC)cc1OC. The quantitative estimate of drug-likeness (QED) is 0.508. The third-order valence-electron chi connectivity index (χ3n) is 5.32. The van der Waals surface area contributed by atoms with Crippen LogP contribution in [-0.2, 0) is 19.9 Å². The summed E-state index contributed by atoms with van der Waals surface area (Å²) >= 11 is 0. The molecule has 0 radical (unpaired) electrons. The number of hydrogen-bond donors (Lipinski definition) is 0. The number of hydrogen-bond acceptors (Lipinski definition) is 7. The summed E-state index contributed by atoms with van der Waals surface area (Å²) < 4.78 is 62.9. The zero-order valence-electron chi connectivity index (χ0n) is 17.6. The molecule has 0 amide bonds. The Morgan fingerprint density at radius 2 is 1.79 bits per heavy atom. The summed E-state index contributed by atoms with van der Waals surface area (Å²) in [5, 5.41) is 0. The normalized spacial score (nSPS) is 19.0. The number of nitrogens with zero attached hydrogens (tertiary/aromatic N) is 2. The van der Waals surface area contributed by atoms with E-state index in [1.54, 1.807) is 6.07 Å². The maximum Gasteiger partial charge on any atom is 0.247 e. The van der Waals surface area contributed by atoms with Crippen LogP contribution < -0.4 is 9.47 Å². The lowest BCUT2D eigenvalue weighted by molar-refractivity contribution is 0.269. The predicted octanol–water partition coefficient (Wildman–Crippen LogP) is 1.61. The van der Waals surface area contributed by atoms with Gasteiger partial charge >= 0.3 is 0 Å². The highest BCUT2D eigenvalue weighted by Gasteiger charge is 2.39. The van der Waals surface area contributed by atoms with Crippen LogP contribution in [0.5, 0.6) is 11.5 Å². The molecule has 0 aromatic heterocycles. The fraction of sp³-hybridized carbons (Fsp3) is 0.684. The molecular formula is C19H32N2O6S2. The van der Waals surface area contributed by atoms with Gasteiger partial charge in [-0.25, -0.2) is 16.8 Å². The summed E-state index contributed by atoms with van der Waals surface area (Å²) in [5.74, 6) is 0.534. The second-order valence-corrected chi connectivity index (χ2v) is 11.2. The number of benzene rings is 1. The highest BCUT2D eigenvalue weighted by atomic mass is 32.2. The van der Waals surface area contributed by atoms with Crippen molar-refractivity contribution in [3.05, 3.63) is 18.2 Å². The Balaban J connectivity index is 2.36. The Labute approximate surface area is 174 Å². The summed E-state index contributed by atoms with van der Waals surface area (Å²) in [5.41, 5.74) is 0. The minimum Gasteiger partial charge on any atom is -0.497 e. The van der Waals surface area contributed by atoms with Crippen LogP contribution in [0.2, 0.25) is 0 Å². The maximum absolute atomic E-state index is 13.5. The first-order chi connectivity index (χ1) is 13.7. The van der Waals surface area contributed by atoms with Crippen molar-refractivity contribution in [3.8, 4) is 11.5 Å². The van der Waals surface area contributed by atoms with Crippen LogP contribution in [-0.4, -0.2) is 84.0 Å². The van der Waals surface area contributed by atoms with Crippen molar-refractivity contribution >= 4 is 19.9 Å². The molecule has 1 aromatic carbocycles. The van der Waals surface area contributed by atoms with E-state index < -0.39 is 25.9 Å². The van der Waals surface area contributed by atoms with Crippen molar-refractivity contribution in [1.82, 2.24) is 9.21 Å². The van der Waals surface area contributed by atoms with Crippen LogP contribution >= 0.6 is 0 Å². The number of methoxy groups -OCH3 is 2. The summed E-state index contributed by atoms with van der Waals surface area (Å²) in [6.07, 6.45) is 0.932. The standard InChI is InChI=1S/C19H32N2O6S2/c1-5-20(6-2)11-7-12-21(16-10-13-28(22,23)15-16)29(24,25)19-9-8-17(26-3)14-18(19)27-4/h8-9,14,16H,5-7,10-13,15H2,1-4H3/t16-/m0/s1. The lowest BCUT2D eigenvalue weighted by atomic mass is 10.2. The van der Waals surface area contributed by atoms with Gasteiger partial charge in [0.2, 0.25) is 10.0 Å². The third kappa shape index (κ3) is 5.84. The van der Waals surface area contributed by atoms with Gasteiger partial charge in [0.1, 0.15) is 16.4 Å². The Bertz CT molecular complexity index is 882. The van der Waals surface area contributed by atoms with E-state index >= 15 is 0 Å². The van der Waals surface area contributed by atoms with Gasteiger partial charge in [-0.3, -0.25) is 0 Å². The molecule has 0 spiro atoms.